The Hall–Kier alpha value is -1.01. The van der Waals surface area contributed by atoms with Crippen molar-refractivity contribution >= 4 is 0 Å². The number of hydrogen-bond acceptors (Lipinski definition) is 4. The molecule has 0 atom stereocenters. The second kappa shape index (κ2) is 9.86. The van der Waals surface area contributed by atoms with E-state index in [4.69, 9.17) is 19.9 Å². The second-order valence-electron chi connectivity index (χ2n) is 4.14. The molecule has 0 saturated heterocycles. The van der Waals surface area contributed by atoms with E-state index < -0.39 is 0 Å². The summed E-state index contributed by atoms with van der Waals surface area (Å²) in [6, 6.07) is 4.85. The van der Waals surface area contributed by atoms with Crippen molar-refractivity contribution in [2.75, 3.05) is 33.5 Å². The largest absolute Gasteiger partial charge is 0.385 e. The van der Waals surface area contributed by atoms with Crippen LogP contribution in [0, 0.1) is 5.82 Å². The number of benzene rings is 1. The van der Waals surface area contributed by atoms with Gasteiger partial charge in [-0.3, -0.25) is 0 Å². The average Bonchev–Trinajstić information content (AvgIpc) is 2.43. The van der Waals surface area contributed by atoms with Crippen molar-refractivity contribution < 1.29 is 18.6 Å². The minimum Gasteiger partial charge on any atom is -0.385 e. The van der Waals surface area contributed by atoms with Crippen LogP contribution in [0.4, 0.5) is 4.39 Å². The van der Waals surface area contributed by atoms with Crippen molar-refractivity contribution in [1.82, 2.24) is 0 Å². The van der Waals surface area contributed by atoms with E-state index in [2.05, 4.69) is 0 Å². The zero-order valence-corrected chi connectivity index (χ0v) is 11.4. The minimum absolute atomic E-state index is 0.197. The first kappa shape index (κ1) is 16.0. The molecule has 0 aromatic heterocycles. The van der Waals surface area contributed by atoms with Gasteiger partial charge in [0.1, 0.15) is 5.82 Å². The molecule has 0 fully saturated rings. The highest BCUT2D eigenvalue weighted by molar-refractivity contribution is 5.24. The minimum atomic E-state index is -0.271. The average molecular weight is 271 g/mol. The lowest BCUT2D eigenvalue weighted by molar-refractivity contribution is 0.0336. The molecule has 0 radical (unpaired) electrons. The van der Waals surface area contributed by atoms with Gasteiger partial charge in [0.25, 0.3) is 0 Å². The topological polar surface area (TPSA) is 53.7 Å². The molecule has 4 nitrogen and oxygen atoms in total. The van der Waals surface area contributed by atoms with E-state index in [0.29, 0.717) is 38.6 Å². The van der Waals surface area contributed by atoms with Crippen LogP contribution >= 0.6 is 0 Å². The molecular formula is C14H22FNO3. The molecule has 0 aliphatic heterocycles. The van der Waals surface area contributed by atoms with E-state index in [-0.39, 0.29) is 12.4 Å². The lowest BCUT2D eigenvalue weighted by atomic mass is 10.1. The van der Waals surface area contributed by atoms with Crippen LogP contribution in [0.25, 0.3) is 0 Å². The maximum atomic E-state index is 13.2. The lowest BCUT2D eigenvalue weighted by Gasteiger charge is -2.07. The number of rotatable bonds is 10. The monoisotopic (exact) mass is 271 g/mol. The van der Waals surface area contributed by atoms with Gasteiger partial charge in [-0.2, -0.15) is 0 Å². The van der Waals surface area contributed by atoms with Crippen molar-refractivity contribution in [2.24, 2.45) is 5.73 Å². The fourth-order valence-corrected chi connectivity index (χ4v) is 1.59. The summed E-state index contributed by atoms with van der Waals surface area (Å²) >= 11 is 0. The molecular weight excluding hydrogens is 249 g/mol. The first-order valence-corrected chi connectivity index (χ1v) is 6.39. The van der Waals surface area contributed by atoms with E-state index in [1.165, 1.54) is 6.07 Å². The molecule has 0 saturated carbocycles. The third kappa shape index (κ3) is 6.63. The molecule has 5 heteroatoms. The number of nitrogens with two attached hydrogens (primary N) is 1. The highest BCUT2D eigenvalue weighted by Gasteiger charge is 2.02. The molecule has 108 valence electrons. The Balaban J connectivity index is 2.12. The molecule has 0 heterocycles. The quantitative estimate of drug-likeness (QED) is 0.660. The molecule has 0 aliphatic carbocycles. The van der Waals surface area contributed by atoms with Crippen LogP contribution in [-0.2, 0) is 27.4 Å². The molecule has 19 heavy (non-hydrogen) atoms. The van der Waals surface area contributed by atoms with E-state index in [1.807, 2.05) is 0 Å². The van der Waals surface area contributed by atoms with Crippen molar-refractivity contribution in [3.05, 3.63) is 35.1 Å². The Morgan fingerprint density at radius 1 is 1.11 bits per heavy atom. The predicted molar refractivity (Wildman–Crippen MR) is 71.3 cm³/mol. The Morgan fingerprint density at radius 2 is 1.89 bits per heavy atom. The molecule has 0 bridgehead atoms. The maximum absolute atomic E-state index is 13.2. The van der Waals surface area contributed by atoms with Gasteiger partial charge in [0.2, 0.25) is 0 Å². The van der Waals surface area contributed by atoms with Gasteiger partial charge in [0.05, 0.1) is 19.8 Å². The fourth-order valence-electron chi connectivity index (χ4n) is 1.59. The molecule has 0 aliphatic rings. The standard InChI is InChI=1S/C14H22FNO3/c1-17-5-2-6-18-7-8-19-11-12-3-4-14(15)13(9-12)10-16/h3-4,9H,2,5-8,10-11,16H2,1H3. The second-order valence-corrected chi connectivity index (χ2v) is 4.14. The number of ether oxygens (including phenoxy) is 3. The van der Waals surface area contributed by atoms with Gasteiger partial charge in [-0.15, -0.1) is 0 Å². The molecule has 0 spiro atoms. The Labute approximate surface area is 113 Å². The lowest BCUT2D eigenvalue weighted by Crippen LogP contribution is -2.07. The number of hydrogen-bond donors (Lipinski definition) is 1. The predicted octanol–water partition coefficient (Wildman–Crippen LogP) is 1.85. The summed E-state index contributed by atoms with van der Waals surface area (Å²) in [6.45, 7) is 3.08. The van der Waals surface area contributed by atoms with Gasteiger partial charge < -0.3 is 19.9 Å². The van der Waals surface area contributed by atoms with Crippen LogP contribution in [0.2, 0.25) is 0 Å². The van der Waals surface area contributed by atoms with E-state index in [1.54, 1.807) is 19.2 Å². The number of methoxy groups -OCH3 is 1. The van der Waals surface area contributed by atoms with Crippen LogP contribution < -0.4 is 5.73 Å². The number of halogens is 1. The van der Waals surface area contributed by atoms with Gasteiger partial charge in [-0.1, -0.05) is 6.07 Å². The van der Waals surface area contributed by atoms with Gasteiger partial charge in [-0.05, 0) is 24.1 Å². The molecule has 1 aromatic rings. The first-order chi connectivity index (χ1) is 9.27. The zero-order valence-electron chi connectivity index (χ0n) is 11.4. The Bertz CT molecular complexity index is 361. The van der Waals surface area contributed by atoms with Crippen molar-refractivity contribution in [2.45, 2.75) is 19.6 Å². The smallest absolute Gasteiger partial charge is 0.127 e. The third-order valence-electron chi connectivity index (χ3n) is 2.61. The highest BCUT2D eigenvalue weighted by atomic mass is 19.1. The van der Waals surface area contributed by atoms with E-state index in [9.17, 15) is 4.39 Å². The zero-order chi connectivity index (χ0) is 13.9. The van der Waals surface area contributed by atoms with Gasteiger partial charge in [-0.25, -0.2) is 4.39 Å². The normalized spacial score (nSPS) is 10.9. The van der Waals surface area contributed by atoms with Crippen LogP contribution in [0.5, 0.6) is 0 Å². The van der Waals surface area contributed by atoms with E-state index >= 15 is 0 Å². The van der Waals surface area contributed by atoms with Gasteiger partial charge >= 0.3 is 0 Å². The van der Waals surface area contributed by atoms with Crippen LogP contribution in [0.15, 0.2) is 18.2 Å². The molecule has 0 unspecified atom stereocenters. The first-order valence-electron chi connectivity index (χ1n) is 6.39. The SMILES string of the molecule is COCCCOCCOCc1ccc(F)c(CN)c1. The summed E-state index contributed by atoms with van der Waals surface area (Å²) in [6.07, 6.45) is 0.883. The molecule has 1 aromatic carbocycles. The Morgan fingerprint density at radius 3 is 2.63 bits per heavy atom. The van der Waals surface area contributed by atoms with Crippen LogP contribution in [0.1, 0.15) is 17.5 Å². The van der Waals surface area contributed by atoms with Crippen molar-refractivity contribution in [3.63, 3.8) is 0 Å². The van der Waals surface area contributed by atoms with Crippen LogP contribution in [0.3, 0.4) is 0 Å². The molecule has 0 amide bonds. The summed E-state index contributed by atoms with van der Waals surface area (Å²) in [5, 5.41) is 0. The highest BCUT2D eigenvalue weighted by Crippen LogP contribution is 2.10. The summed E-state index contributed by atoms with van der Waals surface area (Å²) in [5.74, 6) is -0.271. The van der Waals surface area contributed by atoms with Gasteiger partial charge in [0.15, 0.2) is 0 Å². The van der Waals surface area contributed by atoms with E-state index in [0.717, 1.165) is 12.0 Å². The van der Waals surface area contributed by atoms with Gasteiger partial charge in [0, 0.05) is 32.4 Å². The van der Waals surface area contributed by atoms with Crippen molar-refractivity contribution in [3.8, 4) is 0 Å². The fraction of sp³-hybridized carbons (Fsp3) is 0.571. The molecule has 1 rings (SSSR count). The van der Waals surface area contributed by atoms with Crippen molar-refractivity contribution in [1.29, 1.82) is 0 Å². The maximum Gasteiger partial charge on any atom is 0.127 e. The van der Waals surface area contributed by atoms with Crippen LogP contribution in [-0.4, -0.2) is 33.5 Å². The summed E-state index contributed by atoms with van der Waals surface area (Å²) in [5.41, 5.74) is 6.87. The Kier molecular flexibility index (Phi) is 8.33. The summed E-state index contributed by atoms with van der Waals surface area (Å²) in [7, 11) is 1.67. The molecule has 2 N–H and O–H groups in total. The summed E-state index contributed by atoms with van der Waals surface area (Å²) in [4.78, 5) is 0. The third-order valence-corrected chi connectivity index (χ3v) is 2.61. The summed E-state index contributed by atoms with van der Waals surface area (Å²) < 4.78 is 28.9.